The normalized spacial score (nSPS) is 10.4. The highest BCUT2D eigenvalue weighted by molar-refractivity contribution is 5.70. The molecule has 0 unspecified atom stereocenters. The third-order valence-electron chi connectivity index (χ3n) is 4.12. The molecule has 5 nitrogen and oxygen atoms in total. The molecule has 0 saturated heterocycles. The summed E-state index contributed by atoms with van der Waals surface area (Å²) in [6, 6.07) is 24.0. The van der Waals surface area contributed by atoms with E-state index in [-0.39, 0.29) is 0 Å². The summed E-state index contributed by atoms with van der Waals surface area (Å²) in [7, 11) is 1.60. The lowest BCUT2D eigenvalue weighted by atomic mass is 10.1. The highest BCUT2D eigenvalue weighted by atomic mass is 16.5. The summed E-state index contributed by atoms with van der Waals surface area (Å²) in [6.07, 6.45) is 3.41. The number of pyridine rings is 1. The lowest BCUT2D eigenvalue weighted by Gasteiger charge is -2.10. The molecule has 0 aliphatic rings. The van der Waals surface area contributed by atoms with Crippen LogP contribution in [0.1, 0.15) is 0 Å². The molecule has 2 aromatic carbocycles. The zero-order valence-electron chi connectivity index (χ0n) is 14.8. The number of ether oxygens (including phenoxy) is 1. The van der Waals surface area contributed by atoms with E-state index < -0.39 is 0 Å². The van der Waals surface area contributed by atoms with Gasteiger partial charge in [0.15, 0.2) is 0 Å². The van der Waals surface area contributed by atoms with Gasteiger partial charge in [-0.2, -0.15) is 0 Å². The monoisotopic (exact) mass is 354 g/mol. The topological polar surface area (TPSA) is 59.9 Å². The van der Waals surface area contributed by atoms with Gasteiger partial charge in [0.2, 0.25) is 11.8 Å². The van der Waals surface area contributed by atoms with Gasteiger partial charge in [-0.1, -0.05) is 42.5 Å². The van der Waals surface area contributed by atoms with Crippen LogP contribution in [-0.4, -0.2) is 22.1 Å². The molecule has 27 heavy (non-hydrogen) atoms. The van der Waals surface area contributed by atoms with Gasteiger partial charge in [-0.25, -0.2) is 15.0 Å². The smallest absolute Gasteiger partial charge is 0.227 e. The van der Waals surface area contributed by atoms with Crippen LogP contribution in [0, 0.1) is 0 Å². The van der Waals surface area contributed by atoms with Crippen LogP contribution in [0.15, 0.2) is 85.2 Å². The molecule has 0 aliphatic heterocycles. The Morgan fingerprint density at radius 1 is 0.778 bits per heavy atom. The fourth-order valence-electron chi connectivity index (χ4n) is 2.85. The van der Waals surface area contributed by atoms with Crippen LogP contribution in [-0.2, 0) is 0 Å². The maximum Gasteiger partial charge on any atom is 0.227 e. The first kappa shape index (κ1) is 16.7. The van der Waals surface area contributed by atoms with Gasteiger partial charge in [0.05, 0.1) is 18.4 Å². The summed E-state index contributed by atoms with van der Waals surface area (Å²) < 4.78 is 5.33. The highest BCUT2D eigenvalue weighted by Gasteiger charge is 2.09. The van der Waals surface area contributed by atoms with Gasteiger partial charge in [0.1, 0.15) is 0 Å². The van der Waals surface area contributed by atoms with Crippen molar-refractivity contribution in [2.24, 2.45) is 0 Å². The third-order valence-corrected chi connectivity index (χ3v) is 4.12. The lowest BCUT2D eigenvalue weighted by molar-refractivity contribution is 0.399. The Bertz CT molecular complexity index is 1050. The molecule has 0 aliphatic carbocycles. The minimum atomic E-state index is 0.517. The Morgan fingerprint density at radius 3 is 2.48 bits per heavy atom. The minimum Gasteiger partial charge on any atom is -0.481 e. The molecule has 0 saturated carbocycles. The molecular formula is C22H18N4O. The van der Waals surface area contributed by atoms with E-state index in [1.807, 2.05) is 48.5 Å². The Balaban J connectivity index is 1.63. The first-order chi connectivity index (χ1) is 13.3. The Kier molecular flexibility index (Phi) is 4.74. The van der Waals surface area contributed by atoms with Gasteiger partial charge in [-0.15, -0.1) is 0 Å². The number of nitrogens with zero attached hydrogens (tertiary/aromatic N) is 3. The molecule has 2 heterocycles. The summed E-state index contributed by atoms with van der Waals surface area (Å²) in [5.41, 5.74) is 4.79. The molecule has 4 aromatic rings. The fraction of sp³-hybridized carbons (Fsp3) is 0.0455. The molecular weight excluding hydrogens is 336 g/mol. The average Bonchev–Trinajstić information content (AvgIpc) is 2.75. The number of aromatic nitrogens is 3. The Hall–Kier alpha value is -3.73. The van der Waals surface area contributed by atoms with E-state index in [9.17, 15) is 0 Å². The summed E-state index contributed by atoms with van der Waals surface area (Å²) in [5.74, 6) is 1.05. The molecule has 5 heteroatoms. The Morgan fingerprint density at radius 2 is 1.63 bits per heavy atom. The number of methoxy groups -OCH3 is 1. The second kappa shape index (κ2) is 7.66. The molecule has 0 bridgehead atoms. The van der Waals surface area contributed by atoms with Crippen LogP contribution in [0.4, 0.5) is 11.6 Å². The SMILES string of the molecule is COc1ncccc1-c1ccnc(Nc2cccc(-c3ccccc3)c2)n1. The summed E-state index contributed by atoms with van der Waals surface area (Å²) >= 11 is 0. The van der Waals surface area contributed by atoms with Gasteiger partial charge in [-0.3, -0.25) is 0 Å². The number of hydrogen-bond donors (Lipinski definition) is 1. The molecule has 4 rings (SSSR count). The molecule has 0 amide bonds. The van der Waals surface area contributed by atoms with E-state index in [1.54, 1.807) is 19.5 Å². The molecule has 2 aromatic heterocycles. The number of rotatable bonds is 5. The zero-order chi connectivity index (χ0) is 18.5. The standard InChI is InChI=1S/C22H18N4O/c1-27-21-19(11-6-13-23-21)20-12-14-24-22(26-20)25-18-10-5-9-17(15-18)16-7-3-2-4-8-16/h2-15H,1H3,(H,24,25,26). The van der Waals surface area contributed by atoms with Crippen molar-refractivity contribution >= 4 is 11.6 Å². The summed E-state index contributed by atoms with van der Waals surface area (Å²) in [5, 5.41) is 3.28. The van der Waals surface area contributed by atoms with Gasteiger partial charge in [0, 0.05) is 18.1 Å². The van der Waals surface area contributed by atoms with Crippen molar-refractivity contribution in [1.29, 1.82) is 0 Å². The van der Waals surface area contributed by atoms with Crippen LogP contribution in [0.25, 0.3) is 22.4 Å². The zero-order valence-corrected chi connectivity index (χ0v) is 14.8. The van der Waals surface area contributed by atoms with E-state index in [4.69, 9.17) is 4.74 Å². The number of benzene rings is 2. The summed E-state index contributed by atoms with van der Waals surface area (Å²) in [4.78, 5) is 13.2. The van der Waals surface area contributed by atoms with Gasteiger partial charge in [0.25, 0.3) is 0 Å². The van der Waals surface area contributed by atoms with E-state index in [1.165, 1.54) is 0 Å². The van der Waals surface area contributed by atoms with Crippen molar-refractivity contribution in [2.75, 3.05) is 12.4 Å². The second-order valence-electron chi connectivity index (χ2n) is 5.90. The Labute approximate surface area is 157 Å². The number of hydrogen-bond acceptors (Lipinski definition) is 5. The predicted molar refractivity (Wildman–Crippen MR) is 107 cm³/mol. The van der Waals surface area contributed by atoms with Crippen LogP contribution in [0.2, 0.25) is 0 Å². The maximum atomic E-state index is 5.33. The van der Waals surface area contributed by atoms with Gasteiger partial charge in [-0.05, 0) is 41.5 Å². The number of nitrogens with one attached hydrogen (secondary N) is 1. The molecule has 0 fully saturated rings. The minimum absolute atomic E-state index is 0.517. The number of anilines is 2. The van der Waals surface area contributed by atoms with Crippen LogP contribution >= 0.6 is 0 Å². The highest BCUT2D eigenvalue weighted by Crippen LogP contribution is 2.27. The van der Waals surface area contributed by atoms with Gasteiger partial charge < -0.3 is 10.1 Å². The molecule has 132 valence electrons. The molecule has 0 radical (unpaired) electrons. The van der Waals surface area contributed by atoms with Crippen molar-refractivity contribution in [3.8, 4) is 28.3 Å². The molecule has 0 atom stereocenters. The largest absolute Gasteiger partial charge is 0.481 e. The van der Waals surface area contributed by atoms with E-state index in [2.05, 4.69) is 44.5 Å². The van der Waals surface area contributed by atoms with Crippen molar-refractivity contribution in [3.63, 3.8) is 0 Å². The lowest BCUT2D eigenvalue weighted by Crippen LogP contribution is -1.99. The average molecular weight is 354 g/mol. The maximum absolute atomic E-state index is 5.33. The quantitative estimate of drug-likeness (QED) is 0.549. The van der Waals surface area contributed by atoms with Crippen molar-refractivity contribution in [3.05, 3.63) is 85.2 Å². The van der Waals surface area contributed by atoms with Crippen molar-refractivity contribution in [1.82, 2.24) is 15.0 Å². The van der Waals surface area contributed by atoms with Crippen LogP contribution in [0.5, 0.6) is 5.88 Å². The van der Waals surface area contributed by atoms with Crippen LogP contribution < -0.4 is 10.1 Å². The third kappa shape index (κ3) is 3.77. The van der Waals surface area contributed by atoms with E-state index in [0.717, 1.165) is 28.1 Å². The first-order valence-corrected chi connectivity index (χ1v) is 8.58. The predicted octanol–water partition coefficient (Wildman–Crippen LogP) is 4.96. The fourth-order valence-corrected chi connectivity index (χ4v) is 2.85. The molecule has 1 N–H and O–H groups in total. The van der Waals surface area contributed by atoms with E-state index >= 15 is 0 Å². The van der Waals surface area contributed by atoms with E-state index in [0.29, 0.717) is 11.8 Å². The molecule has 0 spiro atoms. The van der Waals surface area contributed by atoms with Crippen LogP contribution in [0.3, 0.4) is 0 Å². The second-order valence-corrected chi connectivity index (χ2v) is 5.90. The van der Waals surface area contributed by atoms with Crippen molar-refractivity contribution < 1.29 is 4.74 Å². The summed E-state index contributed by atoms with van der Waals surface area (Å²) in [6.45, 7) is 0. The van der Waals surface area contributed by atoms with Gasteiger partial charge >= 0.3 is 0 Å². The van der Waals surface area contributed by atoms with Crippen molar-refractivity contribution in [2.45, 2.75) is 0 Å². The first-order valence-electron chi connectivity index (χ1n) is 8.58.